The van der Waals surface area contributed by atoms with E-state index < -0.39 is 0 Å². The number of hydrogen-bond acceptors (Lipinski definition) is 2. The summed E-state index contributed by atoms with van der Waals surface area (Å²) in [5.41, 5.74) is 4.21. The fourth-order valence-electron chi connectivity index (χ4n) is 3.09. The highest BCUT2D eigenvalue weighted by Gasteiger charge is 2.21. The first-order valence-corrected chi connectivity index (χ1v) is 7.61. The lowest BCUT2D eigenvalue weighted by atomic mass is 9.86. The van der Waals surface area contributed by atoms with Crippen LogP contribution < -0.4 is 10.2 Å². The van der Waals surface area contributed by atoms with Crippen LogP contribution in [-0.4, -0.2) is 20.1 Å². The molecule has 0 spiro atoms. The van der Waals surface area contributed by atoms with Gasteiger partial charge in [0.25, 0.3) is 0 Å². The molecule has 0 radical (unpaired) electrons. The third-order valence-electron chi connectivity index (χ3n) is 4.54. The molecule has 0 aromatic heterocycles. The van der Waals surface area contributed by atoms with E-state index in [0.717, 1.165) is 18.4 Å². The van der Waals surface area contributed by atoms with Gasteiger partial charge < -0.3 is 10.2 Å². The molecule has 0 aliphatic carbocycles. The lowest BCUT2D eigenvalue weighted by molar-refractivity contribution is 0.311. The number of nitrogens with zero attached hydrogens (tertiary/aromatic N) is 1. The maximum atomic E-state index is 3.23. The zero-order valence-corrected chi connectivity index (χ0v) is 12.9. The molecule has 1 saturated heterocycles. The van der Waals surface area contributed by atoms with Crippen LogP contribution in [0.3, 0.4) is 0 Å². The minimum atomic E-state index is 0.835. The highest BCUT2D eigenvalue weighted by Crippen LogP contribution is 2.28. The zero-order valence-electron chi connectivity index (χ0n) is 12.9. The SMILES string of the molecule is CNCc1ccc(N2CCC(C(C)C)CC2)cc1C. The number of benzene rings is 1. The summed E-state index contributed by atoms with van der Waals surface area (Å²) in [7, 11) is 2.00. The summed E-state index contributed by atoms with van der Waals surface area (Å²) in [6.45, 7) is 10.3. The topological polar surface area (TPSA) is 15.3 Å². The van der Waals surface area contributed by atoms with E-state index in [2.05, 4.69) is 49.2 Å². The van der Waals surface area contributed by atoms with Crippen LogP contribution in [0.25, 0.3) is 0 Å². The van der Waals surface area contributed by atoms with Gasteiger partial charge in [-0.05, 0) is 61.9 Å². The highest BCUT2D eigenvalue weighted by molar-refractivity contribution is 5.51. The molecular weight excluding hydrogens is 232 g/mol. The summed E-state index contributed by atoms with van der Waals surface area (Å²) in [6.07, 6.45) is 2.68. The van der Waals surface area contributed by atoms with E-state index in [1.165, 1.54) is 42.7 Å². The number of aryl methyl sites for hydroxylation is 1. The maximum absolute atomic E-state index is 3.23. The fraction of sp³-hybridized carbons (Fsp3) is 0.647. The number of hydrogen-bond donors (Lipinski definition) is 1. The second-order valence-electron chi connectivity index (χ2n) is 6.21. The van der Waals surface area contributed by atoms with Crippen molar-refractivity contribution in [1.82, 2.24) is 5.32 Å². The number of piperidine rings is 1. The van der Waals surface area contributed by atoms with Crippen LogP contribution in [0.4, 0.5) is 5.69 Å². The molecule has 0 unspecified atom stereocenters. The van der Waals surface area contributed by atoms with Crippen molar-refractivity contribution in [2.45, 2.75) is 40.2 Å². The number of nitrogens with one attached hydrogen (secondary N) is 1. The Balaban J connectivity index is 2.01. The van der Waals surface area contributed by atoms with E-state index in [-0.39, 0.29) is 0 Å². The predicted molar refractivity (Wildman–Crippen MR) is 83.7 cm³/mol. The fourth-order valence-corrected chi connectivity index (χ4v) is 3.09. The van der Waals surface area contributed by atoms with Gasteiger partial charge in [0.05, 0.1) is 0 Å². The first-order valence-electron chi connectivity index (χ1n) is 7.61. The second-order valence-corrected chi connectivity index (χ2v) is 6.21. The minimum Gasteiger partial charge on any atom is -0.372 e. The van der Waals surface area contributed by atoms with Crippen LogP contribution in [0.15, 0.2) is 18.2 Å². The lowest BCUT2D eigenvalue weighted by Crippen LogP contribution is -2.35. The normalized spacial score (nSPS) is 17.2. The molecule has 0 bridgehead atoms. The molecule has 106 valence electrons. The van der Waals surface area contributed by atoms with Crippen LogP contribution in [0.5, 0.6) is 0 Å². The summed E-state index contributed by atoms with van der Waals surface area (Å²) in [5.74, 6) is 1.75. The van der Waals surface area contributed by atoms with E-state index in [9.17, 15) is 0 Å². The van der Waals surface area contributed by atoms with Crippen LogP contribution in [-0.2, 0) is 6.54 Å². The van der Waals surface area contributed by atoms with Crippen molar-refractivity contribution in [2.24, 2.45) is 11.8 Å². The molecule has 1 aliphatic rings. The third-order valence-corrected chi connectivity index (χ3v) is 4.54. The molecule has 0 saturated carbocycles. The standard InChI is InChI=1S/C17H28N2/c1-13(2)15-7-9-19(10-8-15)17-6-5-16(12-18-4)14(3)11-17/h5-6,11,13,15,18H,7-10,12H2,1-4H3. The Labute approximate surface area is 118 Å². The van der Waals surface area contributed by atoms with Gasteiger partial charge in [-0.15, -0.1) is 0 Å². The first-order chi connectivity index (χ1) is 9.11. The van der Waals surface area contributed by atoms with Crippen molar-refractivity contribution in [3.63, 3.8) is 0 Å². The van der Waals surface area contributed by atoms with E-state index in [1.807, 2.05) is 7.05 Å². The van der Waals surface area contributed by atoms with Gasteiger partial charge in [-0.2, -0.15) is 0 Å². The van der Waals surface area contributed by atoms with Crippen LogP contribution in [0, 0.1) is 18.8 Å². The van der Waals surface area contributed by atoms with Crippen molar-refractivity contribution >= 4 is 5.69 Å². The molecule has 1 heterocycles. The summed E-state index contributed by atoms with van der Waals surface area (Å²) in [6, 6.07) is 6.91. The van der Waals surface area contributed by atoms with Gasteiger partial charge in [0, 0.05) is 25.3 Å². The molecule has 19 heavy (non-hydrogen) atoms. The predicted octanol–water partition coefficient (Wildman–Crippen LogP) is 3.59. The number of anilines is 1. The van der Waals surface area contributed by atoms with Crippen LogP contribution >= 0.6 is 0 Å². The Morgan fingerprint density at radius 3 is 2.47 bits per heavy atom. The summed E-state index contributed by atoms with van der Waals surface area (Å²) in [5, 5.41) is 3.23. The molecule has 2 nitrogen and oxygen atoms in total. The van der Waals surface area contributed by atoms with Crippen molar-refractivity contribution in [2.75, 3.05) is 25.0 Å². The molecule has 1 aromatic rings. The summed E-state index contributed by atoms with van der Waals surface area (Å²) >= 11 is 0. The van der Waals surface area contributed by atoms with Gasteiger partial charge in [-0.3, -0.25) is 0 Å². The van der Waals surface area contributed by atoms with Gasteiger partial charge in [0.2, 0.25) is 0 Å². The van der Waals surface area contributed by atoms with Gasteiger partial charge in [-0.1, -0.05) is 19.9 Å². The molecule has 1 N–H and O–H groups in total. The van der Waals surface area contributed by atoms with E-state index in [4.69, 9.17) is 0 Å². The molecule has 0 atom stereocenters. The highest BCUT2D eigenvalue weighted by atomic mass is 15.1. The summed E-state index contributed by atoms with van der Waals surface area (Å²) < 4.78 is 0. The Kier molecular flexibility index (Phi) is 4.87. The average Bonchev–Trinajstić information content (AvgIpc) is 2.41. The van der Waals surface area contributed by atoms with E-state index in [1.54, 1.807) is 0 Å². The van der Waals surface area contributed by atoms with Gasteiger partial charge in [0.15, 0.2) is 0 Å². The zero-order chi connectivity index (χ0) is 13.8. The van der Waals surface area contributed by atoms with Crippen LogP contribution in [0.1, 0.15) is 37.8 Å². The van der Waals surface area contributed by atoms with Crippen LogP contribution in [0.2, 0.25) is 0 Å². The molecule has 2 rings (SSSR count). The Bertz CT molecular complexity index is 404. The molecule has 1 fully saturated rings. The molecule has 1 aromatic carbocycles. The van der Waals surface area contributed by atoms with Gasteiger partial charge >= 0.3 is 0 Å². The van der Waals surface area contributed by atoms with Crippen molar-refractivity contribution < 1.29 is 0 Å². The lowest BCUT2D eigenvalue weighted by Gasteiger charge is -2.35. The van der Waals surface area contributed by atoms with E-state index >= 15 is 0 Å². The smallest absolute Gasteiger partial charge is 0.0369 e. The quantitative estimate of drug-likeness (QED) is 0.890. The van der Waals surface area contributed by atoms with Crippen molar-refractivity contribution in [1.29, 1.82) is 0 Å². The first kappa shape index (κ1) is 14.4. The molecular formula is C17H28N2. The number of rotatable bonds is 4. The monoisotopic (exact) mass is 260 g/mol. The van der Waals surface area contributed by atoms with E-state index in [0.29, 0.717) is 0 Å². The molecule has 1 aliphatic heterocycles. The maximum Gasteiger partial charge on any atom is 0.0369 e. The Morgan fingerprint density at radius 1 is 1.26 bits per heavy atom. The van der Waals surface area contributed by atoms with Crippen molar-refractivity contribution in [3.05, 3.63) is 29.3 Å². The van der Waals surface area contributed by atoms with Gasteiger partial charge in [0.1, 0.15) is 0 Å². The molecule has 2 heteroatoms. The van der Waals surface area contributed by atoms with Gasteiger partial charge in [-0.25, -0.2) is 0 Å². The second kappa shape index (κ2) is 6.42. The Morgan fingerprint density at radius 2 is 1.95 bits per heavy atom. The average molecular weight is 260 g/mol. The Hall–Kier alpha value is -1.02. The summed E-state index contributed by atoms with van der Waals surface area (Å²) in [4.78, 5) is 2.55. The molecule has 0 amide bonds. The third kappa shape index (κ3) is 3.50. The van der Waals surface area contributed by atoms with Crippen molar-refractivity contribution in [3.8, 4) is 0 Å². The minimum absolute atomic E-state index is 0.835. The largest absolute Gasteiger partial charge is 0.372 e.